The van der Waals surface area contributed by atoms with Crippen LogP contribution in [0.25, 0.3) is 6.08 Å². The molecule has 0 N–H and O–H groups in total. The van der Waals surface area contributed by atoms with E-state index in [-0.39, 0.29) is 5.91 Å². The lowest BCUT2D eigenvalue weighted by molar-refractivity contribution is -0.148. The second-order valence-corrected chi connectivity index (χ2v) is 5.75. The van der Waals surface area contributed by atoms with E-state index < -0.39 is 12.1 Å². The van der Waals surface area contributed by atoms with Crippen LogP contribution >= 0.6 is 0 Å². The predicted molar refractivity (Wildman–Crippen MR) is 104 cm³/mol. The van der Waals surface area contributed by atoms with Crippen LogP contribution in [0.5, 0.6) is 11.5 Å². The third-order valence-corrected chi connectivity index (χ3v) is 3.95. The Hall–Kier alpha value is -3.28. The maximum absolute atomic E-state index is 12.4. The van der Waals surface area contributed by atoms with Gasteiger partial charge in [0.15, 0.2) is 6.10 Å². The Balaban J connectivity index is 2.02. The van der Waals surface area contributed by atoms with Gasteiger partial charge in [0.05, 0.1) is 14.2 Å². The molecule has 0 aliphatic carbocycles. The second-order valence-electron chi connectivity index (χ2n) is 5.75. The topological polar surface area (TPSA) is 65.1 Å². The van der Waals surface area contributed by atoms with Crippen molar-refractivity contribution in [1.82, 2.24) is 0 Å². The lowest BCUT2D eigenvalue weighted by Gasteiger charge is -2.21. The zero-order valence-electron chi connectivity index (χ0n) is 15.8. The summed E-state index contributed by atoms with van der Waals surface area (Å²) in [6.45, 7) is 1.54. The highest BCUT2D eigenvalue weighted by atomic mass is 16.5. The maximum atomic E-state index is 12.4. The fourth-order valence-corrected chi connectivity index (χ4v) is 2.44. The fraction of sp³-hybridized carbons (Fsp3) is 0.238. The van der Waals surface area contributed by atoms with Crippen molar-refractivity contribution in [3.8, 4) is 11.5 Å². The van der Waals surface area contributed by atoms with Crippen LogP contribution in [-0.4, -0.2) is 39.2 Å². The molecule has 142 valence electrons. The Morgan fingerprint density at radius 3 is 2.37 bits per heavy atom. The number of rotatable bonds is 7. The third kappa shape index (κ3) is 5.34. The molecular weight excluding hydrogens is 346 g/mol. The summed E-state index contributed by atoms with van der Waals surface area (Å²) in [5, 5.41) is 0. The normalized spacial score (nSPS) is 11.7. The number of ether oxygens (including phenoxy) is 3. The SMILES string of the molecule is COc1ccc(OC)c(/C=C/C(=O)O[C@H](C)C(=O)N(C)c2ccccc2)c1. The molecule has 2 aromatic carbocycles. The number of hydrogen-bond acceptors (Lipinski definition) is 5. The molecule has 0 saturated carbocycles. The molecule has 2 aromatic rings. The predicted octanol–water partition coefficient (Wildman–Crippen LogP) is 3.31. The van der Waals surface area contributed by atoms with E-state index in [4.69, 9.17) is 14.2 Å². The molecule has 27 heavy (non-hydrogen) atoms. The van der Waals surface area contributed by atoms with Gasteiger partial charge < -0.3 is 19.1 Å². The highest BCUT2D eigenvalue weighted by Gasteiger charge is 2.21. The largest absolute Gasteiger partial charge is 0.497 e. The second kappa shape index (κ2) is 9.43. The van der Waals surface area contributed by atoms with Crippen LogP contribution in [0.15, 0.2) is 54.6 Å². The molecule has 6 heteroatoms. The van der Waals surface area contributed by atoms with Crippen LogP contribution in [-0.2, 0) is 14.3 Å². The third-order valence-electron chi connectivity index (χ3n) is 3.95. The average molecular weight is 369 g/mol. The van der Waals surface area contributed by atoms with E-state index >= 15 is 0 Å². The van der Waals surface area contributed by atoms with Gasteiger partial charge in [0.2, 0.25) is 0 Å². The van der Waals surface area contributed by atoms with Gasteiger partial charge in [-0.3, -0.25) is 4.79 Å². The van der Waals surface area contributed by atoms with Gasteiger partial charge in [0, 0.05) is 24.4 Å². The quantitative estimate of drug-likeness (QED) is 0.553. The summed E-state index contributed by atoms with van der Waals surface area (Å²) in [7, 11) is 4.73. The van der Waals surface area contributed by atoms with E-state index in [1.165, 1.54) is 18.1 Å². The Morgan fingerprint density at radius 1 is 1.04 bits per heavy atom. The van der Waals surface area contributed by atoms with Crippen LogP contribution in [0.1, 0.15) is 12.5 Å². The first-order valence-electron chi connectivity index (χ1n) is 8.39. The van der Waals surface area contributed by atoms with Crippen molar-refractivity contribution in [2.75, 3.05) is 26.2 Å². The molecular formula is C21H23NO5. The molecule has 0 saturated heterocycles. The van der Waals surface area contributed by atoms with Gasteiger partial charge in [-0.2, -0.15) is 0 Å². The Kier molecular flexibility index (Phi) is 7.00. The number of nitrogens with zero attached hydrogens (tertiary/aromatic N) is 1. The van der Waals surface area contributed by atoms with Crippen molar-refractivity contribution in [2.24, 2.45) is 0 Å². The summed E-state index contributed by atoms with van der Waals surface area (Å²) < 4.78 is 15.6. The number of methoxy groups -OCH3 is 2. The van der Waals surface area contributed by atoms with E-state index in [0.29, 0.717) is 17.1 Å². The van der Waals surface area contributed by atoms with E-state index in [1.807, 2.05) is 18.2 Å². The van der Waals surface area contributed by atoms with E-state index in [9.17, 15) is 9.59 Å². The van der Waals surface area contributed by atoms with Crippen LogP contribution in [0.2, 0.25) is 0 Å². The Morgan fingerprint density at radius 2 is 1.74 bits per heavy atom. The average Bonchev–Trinajstić information content (AvgIpc) is 2.71. The number of likely N-dealkylation sites (N-methyl/N-ethyl adjacent to an activating group) is 1. The molecule has 0 aliphatic rings. The van der Waals surface area contributed by atoms with Gasteiger partial charge in [-0.1, -0.05) is 18.2 Å². The number of para-hydroxylation sites is 1. The molecule has 0 aromatic heterocycles. The zero-order valence-corrected chi connectivity index (χ0v) is 15.8. The van der Waals surface area contributed by atoms with Gasteiger partial charge in [0.25, 0.3) is 5.91 Å². The molecule has 2 rings (SSSR count). The molecule has 0 radical (unpaired) electrons. The summed E-state index contributed by atoms with van der Waals surface area (Å²) in [4.78, 5) is 26.0. The number of carbonyl (C=O) groups is 2. The van der Waals surface area contributed by atoms with Crippen molar-refractivity contribution in [3.63, 3.8) is 0 Å². The number of amides is 1. The number of carbonyl (C=O) groups excluding carboxylic acids is 2. The Bertz CT molecular complexity index is 817. The smallest absolute Gasteiger partial charge is 0.331 e. The monoisotopic (exact) mass is 369 g/mol. The molecule has 1 atom stereocenters. The van der Waals surface area contributed by atoms with E-state index in [1.54, 1.807) is 57.5 Å². The van der Waals surface area contributed by atoms with Crippen LogP contribution in [0, 0.1) is 0 Å². The Labute approximate surface area is 159 Å². The van der Waals surface area contributed by atoms with Crippen molar-refractivity contribution >= 4 is 23.6 Å². The van der Waals surface area contributed by atoms with Crippen LogP contribution in [0.4, 0.5) is 5.69 Å². The highest BCUT2D eigenvalue weighted by Crippen LogP contribution is 2.25. The first-order chi connectivity index (χ1) is 13.0. The van der Waals surface area contributed by atoms with E-state index in [0.717, 1.165) is 5.69 Å². The minimum atomic E-state index is -0.917. The van der Waals surface area contributed by atoms with Gasteiger partial charge >= 0.3 is 5.97 Å². The molecule has 0 unspecified atom stereocenters. The van der Waals surface area contributed by atoms with Crippen LogP contribution in [0.3, 0.4) is 0 Å². The van der Waals surface area contributed by atoms with Crippen molar-refractivity contribution in [3.05, 3.63) is 60.2 Å². The van der Waals surface area contributed by atoms with Gasteiger partial charge in [-0.05, 0) is 43.3 Å². The lowest BCUT2D eigenvalue weighted by Crippen LogP contribution is -2.37. The summed E-state index contributed by atoms with van der Waals surface area (Å²) in [5.41, 5.74) is 1.39. The highest BCUT2D eigenvalue weighted by molar-refractivity contribution is 5.98. The molecule has 6 nitrogen and oxygen atoms in total. The molecule has 0 fully saturated rings. The van der Waals surface area contributed by atoms with Gasteiger partial charge in [-0.15, -0.1) is 0 Å². The van der Waals surface area contributed by atoms with Gasteiger partial charge in [0.1, 0.15) is 11.5 Å². The summed E-state index contributed by atoms with van der Waals surface area (Å²) in [5.74, 6) is 0.286. The number of esters is 1. The minimum absolute atomic E-state index is 0.318. The summed E-state index contributed by atoms with van der Waals surface area (Å²) in [6.07, 6.45) is 1.89. The lowest BCUT2D eigenvalue weighted by atomic mass is 10.1. The molecule has 0 aliphatic heterocycles. The molecule has 1 amide bonds. The van der Waals surface area contributed by atoms with Crippen molar-refractivity contribution in [2.45, 2.75) is 13.0 Å². The van der Waals surface area contributed by atoms with Crippen molar-refractivity contribution < 1.29 is 23.8 Å². The molecule has 0 bridgehead atoms. The van der Waals surface area contributed by atoms with E-state index in [2.05, 4.69) is 0 Å². The summed E-state index contributed by atoms with van der Waals surface area (Å²) in [6, 6.07) is 14.4. The van der Waals surface area contributed by atoms with Crippen LogP contribution < -0.4 is 14.4 Å². The zero-order chi connectivity index (χ0) is 19.8. The standard InChI is InChI=1S/C21H23NO5/c1-15(21(24)22(2)17-8-6-5-7-9-17)27-20(23)13-10-16-14-18(25-3)11-12-19(16)26-4/h5-15H,1-4H3/b13-10+/t15-/m1/s1. The van der Waals surface area contributed by atoms with Gasteiger partial charge in [-0.25, -0.2) is 4.79 Å². The molecule has 0 heterocycles. The fourth-order valence-electron chi connectivity index (χ4n) is 2.44. The first kappa shape index (κ1) is 20.0. The first-order valence-corrected chi connectivity index (χ1v) is 8.39. The molecule has 0 spiro atoms. The number of anilines is 1. The van der Waals surface area contributed by atoms with Crippen molar-refractivity contribution in [1.29, 1.82) is 0 Å². The maximum Gasteiger partial charge on any atom is 0.331 e. The summed E-state index contributed by atoms with van der Waals surface area (Å²) >= 11 is 0. The minimum Gasteiger partial charge on any atom is -0.497 e. The number of benzene rings is 2. The number of hydrogen-bond donors (Lipinski definition) is 0.